The maximum atomic E-state index is 13.0. The summed E-state index contributed by atoms with van der Waals surface area (Å²) in [5.74, 6) is -1.64. The van der Waals surface area contributed by atoms with Gasteiger partial charge in [0.15, 0.2) is 5.78 Å². The third-order valence-electron chi connectivity index (χ3n) is 4.41. The van der Waals surface area contributed by atoms with Crippen molar-refractivity contribution in [1.29, 1.82) is 0 Å². The van der Waals surface area contributed by atoms with E-state index in [-0.39, 0.29) is 12.3 Å². The van der Waals surface area contributed by atoms with Gasteiger partial charge in [0.25, 0.3) is 5.91 Å². The smallest absolute Gasteiger partial charge is 0.354 e. The molecule has 6 nitrogen and oxygen atoms in total. The van der Waals surface area contributed by atoms with Gasteiger partial charge in [0.1, 0.15) is 11.5 Å². The predicted molar refractivity (Wildman–Crippen MR) is 93.9 cm³/mol. The average Bonchev–Trinajstić information content (AvgIpc) is 2.83. The van der Waals surface area contributed by atoms with Gasteiger partial charge in [-0.15, -0.1) is 0 Å². The Morgan fingerprint density at radius 2 is 1.73 bits per heavy atom. The number of hydrogen-bond acceptors (Lipinski definition) is 4. The minimum Gasteiger partial charge on any atom is -0.464 e. The molecule has 0 bridgehead atoms. The number of amides is 1. The molecule has 0 atom stereocenters. The second-order valence-electron chi connectivity index (χ2n) is 6.08. The molecule has 2 aromatic rings. The van der Waals surface area contributed by atoms with Crippen LogP contribution in [0.3, 0.4) is 0 Å². The lowest BCUT2D eigenvalue weighted by Crippen LogP contribution is -2.32. The summed E-state index contributed by atoms with van der Waals surface area (Å²) in [5.41, 5.74) is 2.13. The molecule has 0 unspecified atom stereocenters. The van der Waals surface area contributed by atoms with Gasteiger partial charge in [0.05, 0.1) is 13.7 Å². The number of likely N-dealkylation sites (N-methyl/N-ethyl adjacent to an activating group) is 1. The lowest BCUT2D eigenvalue weighted by Gasteiger charge is -2.16. The van der Waals surface area contributed by atoms with Crippen molar-refractivity contribution in [3.8, 4) is 0 Å². The van der Waals surface area contributed by atoms with Crippen molar-refractivity contribution in [3.05, 3.63) is 58.2 Å². The zero-order chi connectivity index (χ0) is 19.6. The number of aromatic nitrogens is 1. The zero-order valence-electron chi connectivity index (χ0n) is 15.4. The number of rotatable bonds is 5. The molecule has 0 saturated heterocycles. The molecule has 0 aliphatic heterocycles. The van der Waals surface area contributed by atoms with E-state index in [1.807, 2.05) is 0 Å². The van der Waals surface area contributed by atoms with E-state index in [0.29, 0.717) is 28.1 Å². The highest BCUT2D eigenvalue weighted by Gasteiger charge is 2.26. The van der Waals surface area contributed by atoms with Gasteiger partial charge in [-0.05, 0) is 43.7 Å². The van der Waals surface area contributed by atoms with Gasteiger partial charge in [-0.2, -0.15) is 0 Å². The number of esters is 1. The van der Waals surface area contributed by atoms with E-state index in [0.717, 1.165) is 0 Å². The average molecular weight is 360 g/mol. The van der Waals surface area contributed by atoms with E-state index >= 15 is 0 Å². The van der Waals surface area contributed by atoms with Crippen LogP contribution >= 0.6 is 0 Å². The molecule has 0 spiro atoms. The number of nitrogens with zero attached hydrogens (tertiary/aromatic N) is 2. The predicted octanol–water partition coefficient (Wildman–Crippen LogP) is 2.52. The Kier molecular flexibility index (Phi) is 5.59. The molecule has 26 heavy (non-hydrogen) atoms. The van der Waals surface area contributed by atoms with Crippen molar-refractivity contribution in [2.24, 2.45) is 7.05 Å². The first-order valence-electron chi connectivity index (χ1n) is 7.97. The first-order valence-corrected chi connectivity index (χ1v) is 7.97. The number of benzene rings is 1. The Bertz CT molecular complexity index is 869. The summed E-state index contributed by atoms with van der Waals surface area (Å²) in [4.78, 5) is 38.3. The Morgan fingerprint density at radius 1 is 1.15 bits per heavy atom. The summed E-state index contributed by atoms with van der Waals surface area (Å²) in [7, 11) is 4.46. The topological polar surface area (TPSA) is 68.6 Å². The third-order valence-corrected chi connectivity index (χ3v) is 4.41. The van der Waals surface area contributed by atoms with Crippen LogP contribution in [-0.2, 0) is 11.8 Å². The lowest BCUT2D eigenvalue weighted by atomic mass is 10.0. The first-order chi connectivity index (χ1) is 12.2. The van der Waals surface area contributed by atoms with Gasteiger partial charge in [0, 0.05) is 30.9 Å². The molecule has 1 aromatic heterocycles. The highest BCUT2D eigenvalue weighted by atomic mass is 19.1. The Hall–Kier alpha value is -2.96. The summed E-state index contributed by atoms with van der Waals surface area (Å²) >= 11 is 0. The van der Waals surface area contributed by atoms with Crippen molar-refractivity contribution in [1.82, 2.24) is 9.47 Å². The number of carbonyl (C=O) groups is 3. The van der Waals surface area contributed by atoms with E-state index in [4.69, 9.17) is 4.74 Å². The van der Waals surface area contributed by atoms with Gasteiger partial charge in [0.2, 0.25) is 0 Å². The molecule has 1 amide bonds. The molecule has 7 heteroatoms. The maximum absolute atomic E-state index is 13.0. The Labute approximate surface area is 151 Å². The summed E-state index contributed by atoms with van der Waals surface area (Å²) in [6.07, 6.45) is 0. The number of halogens is 1. The van der Waals surface area contributed by atoms with Crippen molar-refractivity contribution in [3.63, 3.8) is 0 Å². The van der Waals surface area contributed by atoms with Crippen LogP contribution in [0.15, 0.2) is 24.3 Å². The van der Waals surface area contributed by atoms with Gasteiger partial charge in [-0.3, -0.25) is 9.59 Å². The normalized spacial score (nSPS) is 10.5. The van der Waals surface area contributed by atoms with Crippen molar-refractivity contribution >= 4 is 17.7 Å². The molecule has 0 aliphatic rings. The number of ether oxygens (including phenoxy) is 1. The molecular formula is C19H21FN2O4. The van der Waals surface area contributed by atoms with Gasteiger partial charge >= 0.3 is 5.97 Å². The number of ketones is 1. The second kappa shape index (κ2) is 7.51. The van der Waals surface area contributed by atoms with E-state index < -0.39 is 17.7 Å². The molecular weight excluding hydrogens is 339 g/mol. The van der Waals surface area contributed by atoms with E-state index in [1.165, 1.54) is 43.3 Å². The molecule has 0 radical (unpaired) electrons. The minimum absolute atomic E-state index is 0.164. The lowest BCUT2D eigenvalue weighted by molar-refractivity contribution is 0.0588. The largest absolute Gasteiger partial charge is 0.464 e. The summed E-state index contributed by atoms with van der Waals surface area (Å²) in [5, 5.41) is 0. The highest BCUT2D eigenvalue weighted by Crippen LogP contribution is 2.22. The van der Waals surface area contributed by atoms with Crippen molar-refractivity contribution in [2.75, 3.05) is 20.7 Å². The SMILES string of the molecule is COC(=O)c1c(C)c(C(=O)CN(C)C(=O)c2ccc(F)cc2)c(C)n1C. The van der Waals surface area contributed by atoms with Crippen LogP contribution in [0.5, 0.6) is 0 Å². The quantitative estimate of drug-likeness (QED) is 0.607. The zero-order valence-corrected chi connectivity index (χ0v) is 15.4. The summed E-state index contributed by atoms with van der Waals surface area (Å²) in [6.45, 7) is 3.24. The van der Waals surface area contributed by atoms with Crippen LogP contribution in [0.1, 0.15) is 42.5 Å². The molecule has 0 N–H and O–H groups in total. The molecule has 1 heterocycles. The second-order valence-corrected chi connectivity index (χ2v) is 6.08. The molecule has 138 valence electrons. The highest BCUT2D eigenvalue weighted by molar-refractivity contribution is 6.05. The van der Waals surface area contributed by atoms with Crippen LogP contribution in [0, 0.1) is 19.7 Å². The van der Waals surface area contributed by atoms with Crippen LogP contribution in [0.2, 0.25) is 0 Å². The number of carbonyl (C=O) groups excluding carboxylic acids is 3. The molecule has 2 rings (SSSR count). The molecule has 0 saturated carbocycles. The van der Waals surface area contributed by atoms with Crippen LogP contribution in [-0.4, -0.2) is 47.8 Å². The summed E-state index contributed by atoms with van der Waals surface area (Å²) in [6, 6.07) is 5.12. The Balaban J connectivity index is 2.26. The van der Waals surface area contributed by atoms with Crippen molar-refractivity contribution in [2.45, 2.75) is 13.8 Å². The third kappa shape index (κ3) is 3.51. The van der Waals surface area contributed by atoms with Crippen LogP contribution < -0.4 is 0 Å². The van der Waals surface area contributed by atoms with Gasteiger partial charge in [-0.25, -0.2) is 9.18 Å². The number of hydrogen-bond donors (Lipinski definition) is 0. The summed E-state index contributed by atoms with van der Waals surface area (Å²) < 4.78 is 19.4. The minimum atomic E-state index is -0.525. The van der Waals surface area contributed by atoms with Crippen molar-refractivity contribution < 1.29 is 23.5 Å². The maximum Gasteiger partial charge on any atom is 0.354 e. The van der Waals surface area contributed by atoms with E-state index in [9.17, 15) is 18.8 Å². The Morgan fingerprint density at radius 3 is 2.27 bits per heavy atom. The standard InChI is InChI=1S/C19H21FN2O4/c1-11-16(12(2)22(4)17(11)19(25)26-5)15(23)10-21(3)18(24)13-6-8-14(20)9-7-13/h6-9H,10H2,1-5H3. The fraction of sp³-hybridized carbons (Fsp3) is 0.316. The van der Waals surface area contributed by atoms with Crippen LogP contribution in [0.4, 0.5) is 4.39 Å². The molecule has 1 aromatic carbocycles. The molecule has 0 aliphatic carbocycles. The monoisotopic (exact) mass is 360 g/mol. The first kappa shape index (κ1) is 19.4. The van der Waals surface area contributed by atoms with Crippen LogP contribution in [0.25, 0.3) is 0 Å². The fourth-order valence-electron chi connectivity index (χ4n) is 2.95. The van der Waals surface area contributed by atoms with E-state index in [1.54, 1.807) is 25.5 Å². The fourth-order valence-corrected chi connectivity index (χ4v) is 2.95. The number of methoxy groups -OCH3 is 1. The van der Waals surface area contributed by atoms with Gasteiger partial charge < -0.3 is 14.2 Å². The van der Waals surface area contributed by atoms with E-state index in [2.05, 4.69) is 0 Å². The number of Topliss-reactive ketones (excluding diaryl/α,β-unsaturated/α-hetero) is 1. The van der Waals surface area contributed by atoms with Gasteiger partial charge in [-0.1, -0.05) is 0 Å². The molecule has 0 fully saturated rings.